The average Bonchev–Trinajstić information content (AvgIpc) is 3.62. The summed E-state index contributed by atoms with van der Waals surface area (Å²) in [5.74, 6) is 0.516. The molecule has 0 atom stereocenters. The van der Waals surface area contributed by atoms with E-state index in [1.54, 1.807) is 30.5 Å². The van der Waals surface area contributed by atoms with E-state index < -0.39 is 15.9 Å². The molecule has 1 saturated carbocycles. The van der Waals surface area contributed by atoms with Gasteiger partial charge in [0.1, 0.15) is 5.82 Å². The van der Waals surface area contributed by atoms with Gasteiger partial charge in [-0.05, 0) is 61.7 Å². The Bertz CT molecular complexity index is 1240. The van der Waals surface area contributed by atoms with Crippen LogP contribution in [0.5, 0.6) is 0 Å². The molecule has 1 amide bonds. The van der Waals surface area contributed by atoms with Crippen LogP contribution in [0.15, 0.2) is 54.7 Å². The quantitative estimate of drug-likeness (QED) is 0.391. The highest BCUT2D eigenvalue weighted by Gasteiger charge is 2.35. The van der Waals surface area contributed by atoms with Gasteiger partial charge in [-0.1, -0.05) is 12.1 Å². The molecular formula is C22H24N6O3S. The number of nitrogens with one attached hydrogen (secondary N) is 3. The number of rotatable bonds is 9. The van der Waals surface area contributed by atoms with Crippen molar-refractivity contribution >= 4 is 39.1 Å². The van der Waals surface area contributed by atoms with Crippen molar-refractivity contribution < 1.29 is 13.2 Å². The van der Waals surface area contributed by atoms with Gasteiger partial charge in [0.15, 0.2) is 0 Å². The van der Waals surface area contributed by atoms with Crippen LogP contribution < -0.4 is 21.1 Å². The van der Waals surface area contributed by atoms with Crippen LogP contribution >= 0.6 is 0 Å². The number of carbonyl (C=O) groups is 1. The van der Waals surface area contributed by atoms with Crippen molar-refractivity contribution in [2.24, 2.45) is 5.73 Å². The van der Waals surface area contributed by atoms with Gasteiger partial charge in [-0.15, -0.1) is 0 Å². The molecule has 2 aromatic carbocycles. The number of hydrogen-bond donors (Lipinski definition) is 4. The van der Waals surface area contributed by atoms with Gasteiger partial charge in [-0.25, -0.2) is 18.1 Å². The Morgan fingerprint density at radius 3 is 2.53 bits per heavy atom. The van der Waals surface area contributed by atoms with Crippen molar-refractivity contribution in [1.29, 1.82) is 0 Å². The van der Waals surface area contributed by atoms with Gasteiger partial charge >= 0.3 is 0 Å². The standard InChI is InChI=1S/C22H24N6O3S/c1-14-12-24-22(27-17-7-5-16(6-8-17)20(23)29)28-21(14)26-18-4-2-3-15(11-18)13-25-32(30,31)19-9-10-19/h2-8,11-12,19,25H,9-10,13H2,1H3,(H2,23,29)(H2,24,26,27,28). The third-order valence-electron chi connectivity index (χ3n) is 5.03. The maximum absolute atomic E-state index is 12.1. The van der Waals surface area contributed by atoms with Gasteiger partial charge in [0.2, 0.25) is 21.9 Å². The maximum Gasteiger partial charge on any atom is 0.248 e. The third kappa shape index (κ3) is 5.40. The summed E-state index contributed by atoms with van der Waals surface area (Å²) >= 11 is 0. The molecule has 0 radical (unpaired) electrons. The predicted molar refractivity (Wildman–Crippen MR) is 124 cm³/mol. The molecule has 10 heteroatoms. The smallest absolute Gasteiger partial charge is 0.248 e. The summed E-state index contributed by atoms with van der Waals surface area (Å²) in [4.78, 5) is 20.0. The van der Waals surface area contributed by atoms with Crippen molar-refractivity contribution in [3.05, 3.63) is 71.4 Å². The van der Waals surface area contributed by atoms with Gasteiger partial charge in [0.05, 0.1) is 5.25 Å². The molecule has 1 aliphatic rings. The Kier molecular flexibility index (Phi) is 6.06. The summed E-state index contributed by atoms with van der Waals surface area (Å²) in [6.07, 6.45) is 3.16. The monoisotopic (exact) mass is 452 g/mol. The molecule has 0 aliphatic heterocycles. The number of anilines is 4. The molecule has 32 heavy (non-hydrogen) atoms. The normalized spacial score (nSPS) is 13.5. The molecule has 5 N–H and O–H groups in total. The first-order valence-corrected chi connectivity index (χ1v) is 11.7. The summed E-state index contributed by atoms with van der Waals surface area (Å²) in [5, 5.41) is 6.12. The minimum Gasteiger partial charge on any atom is -0.366 e. The molecule has 166 valence electrons. The highest BCUT2D eigenvalue weighted by atomic mass is 32.2. The van der Waals surface area contributed by atoms with Crippen molar-refractivity contribution in [3.8, 4) is 0 Å². The van der Waals surface area contributed by atoms with Crippen molar-refractivity contribution in [1.82, 2.24) is 14.7 Å². The molecule has 1 fully saturated rings. The van der Waals surface area contributed by atoms with E-state index in [2.05, 4.69) is 25.3 Å². The maximum atomic E-state index is 12.1. The lowest BCUT2D eigenvalue weighted by Gasteiger charge is -2.12. The Hall–Kier alpha value is -3.50. The lowest BCUT2D eigenvalue weighted by atomic mass is 10.2. The summed E-state index contributed by atoms with van der Waals surface area (Å²) in [6, 6.07) is 14.2. The zero-order chi connectivity index (χ0) is 22.7. The highest BCUT2D eigenvalue weighted by molar-refractivity contribution is 7.90. The molecule has 1 aliphatic carbocycles. The minimum absolute atomic E-state index is 0.241. The molecule has 9 nitrogen and oxygen atoms in total. The Labute approximate surface area is 186 Å². The van der Waals surface area contributed by atoms with Crippen LogP contribution in [-0.4, -0.2) is 29.5 Å². The van der Waals surface area contributed by atoms with Crippen molar-refractivity contribution in [3.63, 3.8) is 0 Å². The summed E-state index contributed by atoms with van der Waals surface area (Å²) < 4.78 is 26.8. The summed E-state index contributed by atoms with van der Waals surface area (Å²) in [5.41, 5.74) is 8.88. The number of carbonyl (C=O) groups excluding carboxylic acids is 1. The highest BCUT2D eigenvalue weighted by Crippen LogP contribution is 2.28. The van der Waals surface area contributed by atoms with Gasteiger partial charge in [0, 0.05) is 35.2 Å². The molecule has 0 saturated heterocycles. The first-order valence-electron chi connectivity index (χ1n) is 10.1. The van der Waals surface area contributed by atoms with Crippen LogP contribution in [0, 0.1) is 6.92 Å². The first-order chi connectivity index (χ1) is 15.3. The second-order valence-corrected chi connectivity index (χ2v) is 9.73. The molecule has 0 spiro atoms. The molecule has 4 rings (SSSR count). The van der Waals surface area contributed by atoms with Crippen LogP contribution in [0.1, 0.15) is 34.3 Å². The fourth-order valence-corrected chi connectivity index (χ4v) is 4.41. The number of primary amides is 1. The van der Waals surface area contributed by atoms with E-state index in [4.69, 9.17) is 5.73 Å². The fourth-order valence-electron chi connectivity index (χ4n) is 3.05. The Morgan fingerprint density at radius 1 is 1.09 bits per heavy atom. The second-order valence-electron chi connectivity index (χ2n) is 7.68. The number of sulfonamides is 1. The minimum atomic E-state index is -3.23. The third-order valence-corrected chi connectivity index (χ3v) is 6.92. The molecule has 3 aromatic rings. The number of nitrogens with zero attached hydrogens (tertiary/aromatic N) is 2. The van der Waals surface area contributed by atoms with Crippen LogP contribution in [0.3, 0.4) is 0 Å². The molecule has 1 heterocycles. The molecule has 1 aromatic heterocycles. The van der Waals surface area contributed by atoms with E-state index in [-0.39, 0.29) is 11.8 Å². The second kappa shape index (κ2) is 8.93. The van der Waals surface area contributed by atoms with Gasteiger partial charge < -0.3 is 16.4 Å². The molecular weight excluding hydrogens is 428 g/mol. The summed E-state index contributed by atoms with van der Waals surface area (Å²) in [7, 11) is -3.23. The molecule has 0 bridgehead atoms. The summed E-state index contributed by atoms with van der Waals surface area (Å²) in [6.45, 7) is 2.13. The van der Waals surface area contributed by atoms with Gasteiger partial charge in [0.25, 0.3) is 0 Å². The average molecular weight is 453 g/mol. The van der Waals surface area contributed by atoms with Crippen LogP contribution in [0.25, 0.3) is 0 Å². The SMILES string of the molecule is Cc1cnc(Nc2ccc(C(N)=O)cc2)nc1Nc1cccc(CNS(=O)(=O)C2CC2)c1. The predicted octanol–water partition coefficient (Wildman–Crippen LogP) is 2.95. The van der Waals surface area contributed by atoms with E-state index >= 15 is 0 Å². The number of nitrogens with two attached hydrogens (primary N) is 1. The zero-order valence-electron chi connectivity index (χ0n) is 17.5. The van der Waals surface area contributed by atoms with E-state index in [0.29, 0.717) is 17.3 Å². The zero-order valence-corrected chi connectivity index (χ0v) is 18.3. The van der Waals surface area contributed by atoms with Crippen LogP contribution in [0.2, 0.25) is 0 Å². The van der Waals surface area contributed by atoms with Crippen molar-refractivity contribution in [2.75, 3.05) is 10.6 Å². The number of aromatic nitrogens is 2. The number of benzene rings is 2. The number of hydrogen-bond acceptors (Lipinski definition) is 7. The first kappa shape index (κ1) is 21.7. The fraction of sp³-hybridized carbons (Fsp3) is 0.227. The van der Waals surface area contributed by atoms with E-state index in [9.17, 15) is 13.2 Å². The Morgan fingerprint density at radius 2 is 1.84 bits per heavy atom. The van der Waals surface area contributed by atoms with E-state index in [0.717, 1.165) is 35.3 Å². The number of amides is 1. The van der Waals surface area contributed by atoms with Crippen molar-refractivity contribution in [2.45, 2.75) is 31.6 Å². The topological polar surface area (TPSA) is 139 Å². The molecule has 0 unspecified atom stereocenters. The largest absolute Gasteiger partial charge is 0.366 e. The lowest BCUT2D eigenvalue weighted by molar-refractivity contribution is 0.100. The van der Waals surface area contributed by atoms with Crippen LogP contribution in [-0.2, 0) is 16.6 Å². The Balaban J connectivity index is 1.45. The van der Waals surface area contributed by atoms with E-state index in [1.165, 1.54) is 0 Å². The van der Waals surface area contributed by atoms with E-state index in [1.807, 2.05) is 31.2 Å². The van der Waals surface area contributed by atoms with Crippen LogP contribution in [0.4, 0.5) is 23.1 Å². The van der Waals surface area contributed by atoms with Gasteiger partial charge in [-0.3, -0.25) is 4.79 Å². The van der Waals surface area contributed by atoms with Gasteiger partial charge in [-0.2, -0.15) is 4.98 Å². The number of aryl methyl sites for hydroxylation is 1. The lowest BCUT2D eigenvalue weighted by Crippen LogP contribution is -2.26.